The molecule has 2 rings (SSSR count). The number of ether oxygens (including phenoxy) is 1. The molecule has 1 aromatic carbocycles. The minimum Gasteiger partial charge on any atom is -0.376 e. The van der Waals surface area contributed by atoms with E-state index in [0.717, 1.165) is 37.2 Å². The van der Waals surface area contributed by atoms with E-state index >= 15 is 0 Å². The molecule has 1 aliphatic rings. The topological polar surface area (TPSA) is 33.3 Å². The molecule has 0 unspecified atom stereocenters. The van der Waals surface area contributed by atoms with Crippen LogP contribution in [0.3, 0.4) is 0 Å². The number of hydrogen-bond donors (Lipinski definition) is 2. The van der Waals surface area contributed by atoms with Crippen LogP contribution in [0.25, 0.3) is 0 Å². The molecule has 0 amide bonds. The third-order valence-electron chi connectivity index (χ3n) is 2.89. The molecule has 1 aromatic rings. The van der Waals surface area contributed by atoms with Crippen LogP contribution in [0.15, 0.2) is 18.2 Å². The lowest BCUT2D eigenvalue weighted by molar-refractivity contribution is 0.114. The maximum absolute atomic E-state index is 6.13. The van der Waals surface area contributed by atoms with Gasteiger partial charge >= 0.3 is 0 Å². The van der Waals surface area contributed by atoms with Gasteiger partial charge in [0.25, 0.3) is 0 Å². The van der Waals surface area contributed by atoms with Crippen molar-refractivity contribution in [2.45, 2.75) is 25.9 Å². The lowest BCUT2D eigenvalue weighted by Gasteiger charge is -2.14. The summed E-state index contributed by atoms with van der Waals surface area (Å²) >= 11 is 11.4. The standard InChI is InChI=1S/C13H17ClN2OS/c1-9-4-5-12(11(14)7-9)16-13(18)15-8-10-3-2-6-17-10/h4-5,7,10H,2-3,6,8H2,1H3,(H2,15,16,18)/t10-/m0/s1. The lowest BCUT2D eigenvalue weighted by Crippen LogP contribution is -2.34. The Balaban J connectivity index is 1.82. The van der Waals surface area contributed by atoms with Gasteiger partial charge in [-0.2, -0.15) is 0 Å². The zero-order valence-electron chi connectivity index (χ0n) is 10.3. The maximum Gasteiger partial charge on any atom is 0.170 e. The summed E-state index contributed by atoms with van der Waals surface area (Å²) in [6.45, 7) is 3.61. The van der Waals surface area contributed by atoms with E-state index in [9.17, 15) is 0 Å². The SMILES string of the molecule is Cc1ccc(NC(=S)NC[C@@H]2CCCO2)c(Cl)c1. The molecular weight excluding hydrogens is 268 g/mol. The Morgan fingerprint density at radius 3 is 3.06 bits per heavy atom. The molecule has 5 heteroatoms. The Labute approximate surface area is 118 Å². The van der Waals surface area contributed by atoms with E-state index in [1.54, 1.807) is 0 Å². The highest BCUT2D eigenvalue weighted by Gasteiger charge is 2.15. The van der Waals surface area contributed by atoms with E-state index in [2.05, 4.69) is 10.6 Å². The molecule has 0 saturated carbocycles. The fourth-order valence-electron chi connectivity index (χ4n) is 1.90. The molecule has 2 N–H and O–H groups in total. The van der Waals surface area contributed by atoms with E-state index in [4.69, 9.17) is 28.6 Å². The average molecular weight is 285 g/mol. The quantitative estimate of drug-likeness (QED) is 0.836. The first-order valence-electron chi connectivity index (χ1n) is 6.08. The van der Waals surface area contributed by atoms with Crippen molar-refractivity contribution in [3.8, 4) is 0 Å². The summed E-state index contributed by atoms with van der Waals surface area (Å²) in [7, 11) is 0. The van der Waals surface area contributed by atoms with Crippen LogP contribution in [0, 0.1) is 6.92 Å². The van der Waals surface area contributed by atoms with Crippen molar-refractivity contribution in [1.82, 2.24) is 5.32 Å². The second kappa shape index (κ2) is 6.36. The van der Waals surface area contributed by atoms with Crippen molar-refractivity contribution in [3.63, 3.8) is 0 Å². The summed E-state index contributed by atoms with van der Waals surface area (Å²) in [6, 6.07) is 5.83. The van der Waals surface area contributed by atoms with Crippen molar-refractivity contribution >= 4 is 34.6 Å². The molecule has 1 aliphatic heterocycles. The van der Waals surface area contributed by atoms with Gasteiger partial charge in [0.1, 0.15) is 0 Å². The highest BCUT2D eigenvalue weighted by Crippen LogP contribution is 2.22. The molecular formula is C13H17ClN2OS. The van der Waals surface area contributed by atoms with Gasteiger partial charge in [0.15, 0.2) is 5.11 Å². The highest BCUT2D eigenvalue weighted by molar-refractivity contribution is 7.80. The van der Waals surface area contributed by atoms with Gasteiger partial charge in [-0.05, 0) is 49.7 Å². The van der Waals surface area contributed by atoms with Crippen LogP contribution in [0.2, 0.25) is 5.02 Å². The fourth-order valence-corrected chi connectivity index (χ4v) is 2.38. The minimum absolute atomic E-state index is 0.276. The fraction of sp³-hybridized carbons (Fsp3) is 0.462. The molecule has 1 saturated heterocycles. The summed E-state index contributed by atoms with van der Waals surface area (Å²) < 4.78 is 5.52. The number of hydrogen-bond acceptors (Lipinski definition) is 2. The largest absolute Gasteiger partial charge is 0.376 e. The van der Waals surface area contributed by atoms with Crippen molar-refractivity contribution < 1.29 is 4.74 Å². The van der Waals surface area contributed by atoms with Crippen molar-refractivity contribution in [3.05, 3.63) is 28.8 Å². The molecule has 18 heavy (non-hydrogen) atoms. The second-order valence-electron chi connectivity index (χ2n) is 4.45. The Morgan fingerprint density at radius 1 is 1.56 bits per heavy atom. The molecule has 0 aliphatic carbocycles. The molecule has 1 atom stereocenters. The molecule has 98 valence electrons. The molecule has 1 fully saturated rings. The summed E-state index contributed by atoms with van der Waals surface area (Å²) in [4.78, 5) is 0. The predicted molar refractivity (Wildman–Crippen MR) is 79.4 cm³/mol. The summed E-state index contributed by atoms with van der Waals surface area (Å²) in [5.74, 6) is 0. The van der Waals surface area contributed by atoms with Crippen LogP contribution >= 0.6 is 23.8 Å². The summed E-state index contributed by atoms with van der Waals surface area (Å²) in [5, 5.41) is 7.50. The molecule has 0 bridgehead atoms. The molecule has 1 heterocycles. The Bertz CT molecular complexity index is 433. The number of rotatable bonds is 3. The number of aryl methyl sites for hydroxylation is 1. The highest BCUT2D eigenvalue weighted by atomic mass is 35.5. The van der Waals surface area contributed by atoms with Crippen LogP contribution in [0.4, 0.5) is 5.69 Å². The Hall–Kier alpha value is -0.840. The number of thiocarbonyl (C=S) groups is 1. The number of nitrogens with one attached hydrogen (secondary N) is 2. The average Bonchev–Trinajstić information content (AvgIpc) is 2.83. The van der Waals surface area contributed by atoms with Gasteiger partial charge in [0, 0.05) is 13.2 Å². The smallest absolute Gasteiger partial charge is 0.170 e. The monoisotopic (exact) mass is 284 g/mol. The van der Waals surface area contributed by atoms with Crippen LogP contribution in [-0.2, 0) is 4.74 Å². The van der Waals surface area contributed by atoms with E-state index in [0.29, 0.717) is 10.1 Å². The molecule has 0 spiro atoms. The van der Waals surface area contributed by atoms with Crippen molar-refractivity contribution in [2.24, 2.45) is 0 Å². The van der Waals surface area contributed by atoms with E-state index in [-0.39, 0.29) is 6.10 Å². The van der Waals surface area contributed by atoms with Gasteiger partial charge in [-0.3, -0.25) is 0 Å². The maximum atomic E-state index is 6.13. The summed E-state index contributed by atoms with van der Waals surface area (Å²) in [6.07, 6.45) is 2.51. The number of halogens is 1. The van der Waals surface area contributed by atoms with Gasteiger partial charge in [0.2, 0.25) is 0 Å². The Kier molecular flexibility index (Phi) is 4.80. The first-order chi connectivity index (χ1) is 8.65. The minimum atomic E-state index is 0.276. The van der Waals surface area contributed by atoms with Gasteiger partial charge in [-0.15, -0.1) is 0 Å². The molecule has 3 nitrogen and oxygen atoms in total. The Morgan fingerprint density at radius 2 is 2.39 bits per heavy atom. The number of benzene rings is 1. The third kappa shape index (κ3) is 3.83. The number of anilines is 1. The normalized spacial score (nSPS) is 18.7. The van der Waals surface area contributed by atoms with E-state index in [1.807, 2.05) is 25.1 Å². The predicted octanol–water partition coefficient (Wildman–Crippen LogP) is 3.11. The van der Waals surface area contributed by atoms with Gasteiger partial charge in [0.05, 0.1) is 16.8 Å². The molecule has 0 aromatic heterocycles. The van der Waals surface area contributed by atoms with Crippen LogP contribution < -0.4 is 10.6 Å². The third-order valence-corrected chi connectivity index (χ3v) is 3.45. The second-order valence-corrected chi connectivity index (χ2v) is 5.27. The van der Waals surface area contributed by atoms with Crippen LogP contribution in [0.5, 0.6) is 0 Å². The summed E-state index contributed by atoms with van der Waals surface area (Å²) in [5.41, 5.74) is 1.95. The van der Waals surface area contributed by atoms with Crippen LogP contribution in [0.1, 0.15) is 18.4 Å². The van der Waals surface area contributed by atoms with Crippen molar-refractivity contribution in [2.75, 3.05) is 18.5 Å². The lowest BCUT2D eigenvalue weighted by atomic mass is 10.2. The zero-order valence-corrected chi connectivity index (χ0v) is 11.9. The zero-order chi connectivity index (χ0) is 13.0. The first kappa shape index (κ1) is 13.6. The van der Waals surface area contributed by atoms with Gasteiger partial charge in [-0.25, -0.2) is 0 Å². The van der Waals surface area contributed by atoms with Gasteiger partial charge in [-0.1, -0.05) is 17.7 Å². The van der Waals surface area contributed by atoms with E-state index in [1.165, 1.54) is 0 Å². The van der Waals surface area contributed by atoms with Gasteiger partial charge < -0.3 is 15.4 Å². The first-order valence-corrected chi connectivity index (χ1v) is 6.86. The van der Waals surface area contributed by atoms with Crippen molar-refractivity contribution in [1.29, 1.82) is 0 Å². The molecule has 0 radical (unpaired) electrons. The van der Waals surface area contributed by atoms with Crippen LogP contribution in [-0.4, -0.2) is 24.4 Å². The van der Waals surface area contributed by atoms with E-state index < -0.39 is 0 Å².